The molecule has 0 unspecified atom stereocenters. The Kier molecular flexibility index (Phi) is 12.8. The summed E-state index contributed by atoms with van der Waals surface area (Å²) >= 11 is 0. The molecule has 0 aliphatic rings. The first-order valence-corrected chi connectivity index (χ1v) is 3.38. The molecule has 0 N–H and O–H groups in total. The minimum Gasteiger partial charge on any atom is -0.670 e. The number of rotatable bonds is 2. The van der Waals surface area contributed by atoms with Crippen molar-refractivity contribution in [2.75, 3.05) is 14.2 Å². The van der Waals surface area contributed by atoms with Gasteiger partial charge in [0.25, 0.3) is 0 Å². The molecule has 0 aliphatic carbocycles. The molecule has 0 amide bonds. The molecule has 3 nitrogen and oxygen atoms in total. The Morgan fingerprint density at radius 3 is 1.58 bits per heavy atom. The average Bonchev–Trinajstić information content (AvgIpc) is 2.60. The van der Waals surface area contributed by atoms with E-state index in [-0.39, 0.29) is 23.7 Å². The van der Waals surface area contributed by atoms with Gasteiger partial charge in [-0.3, -0.25) is 0 Å². The average molecular weight is 208 g/mol. The summed E-state index contributed by atoms with van der Waals surface area (Å²) in [7, 11) is 3.21. The molecule has 0 saturated carbocycles. The second-order valence-electron chi connectivity index (χ2n) is 1.87. The summed E-state index contributed by atoms with van der Waals surface area (Å²) in [6, 6.07) is 3.78. The van der Waals surface area contributed by atoms with Gasteiger partial charge in [0.05, 0.1) is 0 Å². The molecule has 0 saturated heterocycles. The second kappa shape index (κ2) is 10.7. The monoisotopic (exact) mass is 208 g/mol. The molecule has 0 bridgehead atoms. The van der Waals surface area contributed by atoms with Crippen molar-refractivity contribution in [3.8, 4) is 0 Å². The van der Waals surface area contributed by atoms with Crippen LogP contribution in [0, 0.1) is 0 Å². The second-order valence-corrected chi connectivity index (χ2v) is 1.87. The van der Waals surface area contributed by atoms with E-state index < -0.39 is 0 Å². The van der Waals surface area contributed by atoms with Crippen LogP contribution in [0.2, 0.25) is 0 Å². The first-order chi connectivity index (χ1) is 5.31. The van der Waals surface area contributed by atoms with Crippen LogP contribution >= 0.6 is 0 Å². The van der Waals surface area contributed by atoms with Crippen molar-refractivity contribution in [2.24, 2.45) is 0 Å². The molecule has 0 fully saturated rings. The third kappa shape index (κ3) is 9.73. The Bertz CT molecular complexity index is 124. The van der Waals surface area contributed by atoms with Gasteiger partial charge in [0.1, 0.15) is 0 Å². The van der Waals surface area contributed by atoms with E-state index in [4.69, 9.17) is 0 Å². The molecule has 0 radical (unpaired) electrons. The maximum absolute atomic E-state index is 4.68. The molecule has 0 aliphatic heterocycles. The van der Waals surface area contributed by atoms with Gasteiger partial charge in [-0.05, 0) is 6.92 Å². The first kappa shape index (κ1) is 14.3. The van der Waals surface area contributed by atoms with Crippen LogP contribution in [0.15, 0.2) is 24.5 Å². The van der Waals surface area contributed by atoms with Crippen molar-refractivity contribution in [1.82, 2.24) is 4.98 Å². The number of methoxy groups -OCH3 is 2. The van der Waals surface area contributed by atoms with E-state index in [1.165, 1.54) is 0 Å². The molecular formula is C8H14CrNO2+. The van der Waals surface area contributed by atoms with Gasteiger partial charge in [0.15, 0.2) is 6.29 Å². The standard InChI is InChI=1S/C4H4N.C4H10O2.Cr/c1-2-4-5-3-1;1-4(5-2)6-3;/h1-4H;4H,1-3H3;/q-1;;+2. The van der Waals surface area contributed by atoms with Crippen molar-refractivity contribution in [3.63, 3.8) is 0 Å². The van der Waals surface area contributed by atoms with E-state index >= 15 is 0 Å². The third-order valence-electron chi connectivity index (χ3n) is 1.12. The Balaban J connectivity index is 0. The number of nitrogens with zero attached hydrogens (tertiary/aromatic N) is 1. The number of aromatic nitrogens is 1. The third-order valence-corrected chi connectivity index (χ3v) is 1.12. The fourth-order valence-electron chi connectivity index (χ4n) is 0.345. The van der Waals surface area contributed by atoms with Crippen LogP contribution in [0.4, 0.5) is 0 Å². The van der Waals surface area contributed by atoms with Crippen molar-refractivity contribution < 1.29 is 26.8 Å². The van der Waals surface area contributed by atoms with E-state index in [1.807, 2.05) is 19.1 Å². The molecule has 0 atom stereocenters. The summed E-state index contributed by atoms with van der Waals surface area (Å²) in [5.41, 5.74) is 0. The van der Waals surface area contributed by atoms with Gasteiger partial charge in [-0.1, -0.05) is 12.1 Å². The minimum absolute atomic E-state index is 0. The molecule has 0 aromatic carbocycles. The molecule has 0 spiro atoms. The Hall–Kier alpha value is -0.268. The van der Waals surface area contributed by atoms with Gasteiger partial charge in [-0.15, -0.1) is 0 Å². The fraction of sp³-hybridized carbons (Fsp3) is 0.500. The SMILES string of the molecule is COC(C)OC.[Cr+2].c1cc[n-]c1. The van der Waals surface area contributed by atoms with Gasteiger partial charge >= 0.3 is 17.4 Å². The van der Waals surface area contributed by atoms with Gasteiger partial charge < -0.3 is 14.5 Å². The van der Waals surface area contributed by atoms with Crippen molar-refractivity contribution in [1.29, 1.82) is 0 Å². The van der Waals surface area contributed by atoms with Gasteiger partial charge in [0.2, 0.25) is 0 Å². The fourth-order valence-corrected chi connectivity index (χ4v) is 0.345. The van der Waals surface area contributed by atoms with Crippen molar-refractivity contribution >= 4 is 0 Å². The van der Waals surface area contributed by atoms with Crippen LogP contribution in [-0.4, -0.2) is 20.5 Å². The maximum Gasteiger partial charge on any atom is 2.00 e. The number of hydrogen-bond donors (Lipinski definition) is 0. The predicted molar refractivity (Wildman–Crippen MR) is 43.2 cm³/mol. The van der Waals surface area contributed by atoms with E-state index in [0.717, 1.165) is 0 Å². The van der Waals surface area contributed by atoms with Crippen LogP contribution < -0.4 is 4.98 Å². The van der Waals surface area contributed by atoms with Gasteiger partial charge in [0, 0.05) is 14.2 Å². The predicted octanol–water partition coefficient (Wildman–Crippen LogP) is 1.27. The van der Waals surface area contributed by atoms with Crippen LogP contribution in [0.1, 0.15) is 6.92 Å². The molecule has 1 heterocycles. The summed E-state index contributed by atoms with van der Waals surface area (Å²) < 4.78 is 9.35. The molecule has 68 valence electrons. The Morgan fingerprint density at radius 1 is 1.08 bits per heavy atom. The van der Waals surface area contributed by atoms with Crippen LogP contribution in [0.5, 0.6) is 0 Å². The Labute approximate surface area is 84.2 Å². The molecule has 1 aromatic rings. The zero-order valence-corrected chi connectivity index (χ0v) is 8.83. The number of hydrogen-bond acceptors (Lipinski definition) is 2. The minimum atomic E-state index is -0.0648. The maximum atomic E-state index is 4.68. The number of ether oxygens (including phenoxy) is 2. The van der Waals surface area contributed by atoms with Crippen molar-refractivity contribution in [3.05, 3.63) is 24.5 Å². The van der Waals surface area contributed by atoms with Crippen LogP contribution in [-0.2, 0) is 26.8 Å². The zero-order chi connectivity index (χ0) is 8.53. The van der Waals surface area contributed by atoms with Crippen molar-refractivity contribution in [2.45, 2.75) is 13.2 Å². The molecule has 1 aromatic heterocycles. The summed E-state index contributed by atoms with van der Waals surface area (Å²) in [5.74, 6) is 0. The van der Waals surface area contributed by atoms with E-state index in [0.29, 0.717) is 0 Å². The van der Waals surface area contributed by atoms with E-state index in [9.17, 15) is 0 Å². The molecule has 12 heavy (non-hydrogen) atoms. The Morgan fingerprint density at radius 2 is 1.50 bits per heavy atom. The zero-order valence-electron chi connectivity index (χ0n) is 7.56. The topological polar surface area (TPSA) is 32.6 Å². The quantitative estimate of drug-likeness (QED) is 0.686. The normalized spacial score (nSPS) is 8.33. The summed E-state index contributed by atoms with van der Waals surface area (Å²) in [6.07, 6.45) is 3.44. The van der Waals surface area contributed by atoms with E-state index in [1.54, 1.807) is 26.6 Å². The van der Waals surface area contributed by atoms with E-state index in [2.05, 4.69) is 14.5 Å². The molecule has 1 rings (SSSR count). The molecular weight excluding hydrogens is 194 g/mol. The summed E-state index contributed by atoms with van der Waals surface area (Å²) in [4.78, 5) is 3.72. The van der Waals surface area contributed by atoms with Gasteiger partial charge in [-0.25, -0.2) is 0 Å². The summed E-state index contributed by atoms with van der Waals surface area (Å²) in [6.45, 7) is 1.83. The largest absolute Gasteiger partial charge is 2.00 e. The van der Waals surface area contributed by atoms with Gasteiger partial charge in [-0.2, -0.15) is 12.4 Å². The summed E-state index contributed by atoms with van der Waals surface area (Å²) in [5, 5.41) is 0. The first-order valence-electron chi connectivity index (χ1n) is 3.38. The smallest absolute Gasteiger partial charge is 0.670 e. The van der Waals surface area contributed by atoms with Crippen LogP contribution in [0.25, 0.3) is 0 Å². The molecule has 4 heteroatoms. The van der Waals surface area contributed by atoms with Crippen LogP contribution in [0.3, 0.4) is 0 Å².